The summed E-state index contributed by atoms with van der Waals surface area (Å²) >= 11 is 0. The minimum Gasteiger partial charge on any atom is -0.454 e. The molecule has 0 fully saturated rings. The second kappa shape index (κ2) is 4.71. The predicted molar refractivity (Wildman–Crippen MR) is 78.3 cm³/mol. The molecule has 0 aliphatic carbocycles. The van der Waals surface area contributed by atoms with Crippen LogP contribution in [0, 0.1) is 11.3 Å². The highest BCUT2D eigenvalue weighted by atomic mass is 16.7. The van der Waals surface area contributed by atoms with Crippen LogP contribution in [0.2, 0.25) is 0 Å². The van der Waals surface area contributed by atoms with Gasteiger partial charge in [-0.05, 0) is 23.8 Å². The molecule has 2 heterocycles. The molecule has 0 amide bonds. The standard InChI is InChI=1S/C17H12N2O3/c18-8-12-16(10-5-6-14-15(7-10)21-9-20-14)11-3-1-2-4-13(11)22-17(12)19/h1-7,16H,9,19H2/t16-/m0/s1. The third-order valence-electron chi connectivity index (χ3n) is 3.85. The molecular weight excluding hydrogens is 280 g/mol. The molecule has 2 aliphatic rings. The zero-order chi connectivity index (χ0) is 15.1. The molecule has 2 aromatic rings. The van der Waals surface area contributed by atoms with Crippen LogP contribution in [-0.4, -0.2) is 6.79 Å². The number of nitrogens with zero attached hydrogens (tertiary/aromatic N) is 1. The minimum absolute atomic E-state index is 0.142. The highest BCUT2D eigenvalue weighted by Crippen LogP contribution is 2.44. The van der Waals surface area contributed by atoms with Crippen molar-refractivity contribution < 1.29 is 14.2 Å². The highest BCUT2D eigenvalue weighted by molar-refractivity contribution is 5.57. The summed E-state index contributed by atoms with van der Waals surface area (Å²) in [5.41, 5.74) is 8.15. The van der Waals surface area contributed by atoms with Gasteiger partial charge in [0.15, 0.2) is 11.5 Å². The lowest BCUT2D eigenvalue weighted by atomic mass is 9.83. The first-order valence-corrected chi connectivity index (χ1v) is 6.84. The molecule has 0 radical (unpaired) electrons. The van der Waals surface area contributed by atoms with Crippen LogP contribution in [0.3, 0.4) is 0 Å². The normalized spacial score (nSPS) is 18.4. The lowest BCUT2D eigenvalue weighted by Gasteiger charge is -2.26. The maximum atomic E-state index is 9.49. The number of hydrogen-bond donors (Lipinski definition) is 1. The molecule has 4 rings (SSSR count). The number of rotatable bonds is 1. The van der Waals surface area contributed by atoms with E-state index in [1.807, 2.05) is 42.5 Å². The second-order valence-corrected chi connectivity index (χ2v) is 5.08. The number of para-hydroxylation sites is 1. The molecule has 0 bridgehead atoms. The molecule has 2 aliphatic heterocycles. The van der Waals surface area contributed by atoms with Crippen LogP contribution >= 0.6 is 0 Å². The Balaban J connectivity index is 1.90. The molecule has 0 unspecified atom stereocenters. The summed E-state index contributed by atoms with van der Waals surface area (Å²) in [6.07, 6.45) is 0. The van der Waals surface area contributed by atoms with E-state index >= 15 is 0 Å². The Morgan fingerprint density at radius 3 is 2.73 bits per heavy atom. The van der Waals surface area contributed by atoms with Gasteiger partial charge in [-0.3, -0.25) is 0 Å². The molecule has 0 saturated heterocycles. The molecule has 0 spiro atoms. The van der Waals surface area contributed by atoms with Crippen LogP contribution in [0.15, 0.2) is 53.9 Å². The molecule has 5 nitrogen and oxygen atoms in total. The van der Waals surface area contributed by atoms with E-state index in [0.29, 0.717) is 22.8 Å². The number of ether oxygens (including phenoxy) is 3. The second-order valence-electron chi connectivity index (χ2n) is 5.08. The van der Waals surface area contributed by atoms with Gasteiger partial charge in [0.1, 0.15) is 17.4 Å². The zero-order valence-electron chi connectivity index (χ0n) is 11.6. The summed E-state index contributed by atoms with van der Waals surface area (Å²) in [7, 11) is 0. The monoisotopic (exact) mass is 292 g/mol. The van der Waals surface area contributed by atoms with Crippen LogP contribution in [0.5, 0.6) is 17.2 Å². The van der Waals surface area contributed by atoms with E-state index < -0.39 is 0 Å². The van der Waals surface area contributed by atoms with E-state index in [9.17, 15) is 5.26 Å². The van der Waals surface area contributed by atoms with Crippen LogP contribution in [0.25, 0.3) is 0 Å². The van der Waals surface area contributed by atoms with Gasteiger partial charge in [-0.1, -0.05) is 24.3 Å². The molecule has 1 atom stereocenters. The molecule has 2 aromatic carbocycles. The van der Waals surface area contributed by atoms with Crippen LogP contribution in [0.1, 0.15) is 17.0 Å². The summed E-state index contributed by atoms with van der Waals surface area (Å²) in [4.78, 5) is 0. The molecular formula is C17H12N2O3. The molecule has 0 aromatic heterocycles. The number of allylic oxidation sites excluding steroid dienone is 1. The van der Waals surface area contributed by atoms with E-state index in [0.717, 1.165) is 11.1 Å². The van der Waals surface area contributed by atoms with Crippen molar-refractivity contribution in [3.8, 4) is 23.3 Å². The topological polar surface area (TPSA) is 77.5 Å². The number of nitrogens with two attached hydrogens (primary N) is 1. The van der Waals surface area contributed by atoms with E-state index in [1.165, 1.54) is 0 Å². The van der Waals surface area contributed by atoms with Gasteiger partial charge in [0.25, 0.3) is 0 Å². The minimum atomic E-state index is -0.274. The lowest BCUT2D eigenvalue weighted by Crippen LogP contribution is -2.20. The smallest absolute Gasteiger partial charge is 0.231 e. The average Bonchev–Trinajstić information content (AvgIpc) is 3.01. The van der Waals surface area contributed by atoms with Gasteiger partial charge in [-0.25, -0.2) is 0 Å². The van der Waals surface area contributed by atoms with Crippen molar-refractivity contribution >= 4 is 0 Å². The van der Waals surface area contributed by atoms with Crippen LogP contribution in [0.4, 0.5) is 0 Å². The van der Waals surface area contributed by atoms with Gasteiger partial charge in [-0.2, -0.15) is 5.26 Å². The Hall–Kier alpha value is -3.13. The van der Waals surface area contributed by atoms with Crippen molar-refractivity contribution in [2.45, 2.75) is 5.92 Å². The van der Waals surface area contributed by atoms with Gasteiger partial charge < -0.3 is 19.9 Å². The molecule has 5 heteroatoms. The number of fused-ring (bicyclic) bond motifs is 2. The third kappa shape index (κ3) is 1.78. The van der Waals surface area contributed by atoms with Crippen LogP contribution in [-0.2, 0) is 0 Å². The van der Waals surface area contributed by atoms with Crippen molar-refractivity contribution in [3.05, 3.63) is 65.0 Å². The maximum Gasteiger partial charge on any atom is 0.231 e. The van der Waals surface area contributed by atoms with Crippen molar-refractivity contribution in [2.24, 2.45) is 5.73 Å². The first-order valence-electron chi connectivity index (χ1n) is 6.84. The van der Waals surface area contributed by atoms with Crippen molar-refractivity contribution in [1.29, 1.82) is 5.26 Å². The number of benzene rings is 2. The molecule has 22 heavy (non-hydrogen) atoms. The maximum absolute atomic E-state index is 9.49. The van der Waals surface area contributed by atoms with E-state index in [2.05, 4.69) is 6.07 Å². The van der Waals surface area contributed by atoms with Crippen LogP contribution < -0.4 is 19.9 Å². The van der Waals surface area contributed by atoms with Gasteiger partial charge in [0.2, 0.25) is 12.7 Å². The Morgan fingerprint density at radius 2 is 1.86 bits per heavy atom. The van der Waals surface area contributed by atoms with Gasteiger partial charge >= 0.3 is 0 Å². The quantitative estimate of drug-likeness (QED) is 0.874. The van der Waals surface area contributed by atoms with Crippen molar-refractivity contribution in [1.82, 2.24) is 0 Å². The van der Waals surface area contributed by atoms with Gasteiger partial charge in [0.05, 0.1) is 5.92 Å². The summed E-state index contributed by atoms with van der Waals surface area (Å²) in [6, 6.07) is 15.4. The fourth-order valence-corrected chi connectivity index (χ4v) is 2.84. The summed E-state index contributed by atoms with van der Waals surface area (Å²) in [5, 5.41) is 9.49. The Morgan fingerprint density at radius 1 is 1.05 bits per heavy atom. The average molecular weight is 292 g/mol. The predicted octanol–water partition coefficient (Wildman–Crippen LogP) is 2.63. The van der Waals surface area contributed by atoms with E-state index in [4.69, 9.17) is 19.9 Å². The van der Waals surface area contributed by atoms with Gasteiger partial charge in [-0.15, -0.1) is 0 Å². The largest absolute Gasteiger partial charge is 0.454 e. The molecule has 108 valence electrons. The zero-order valence-corrected chi connectivity index (χ0v) is 11.6. The SMILES string of the molecule is N#CC1=C(N)Oc2ccccc2[C@@H]1c1ccc2c(c1)OCO2. The lowest BCUT2D eigenvalue weighted by molar-refractivity contribution is 0.174. The van der Waals surface area contributed by atoms with E-state index in [1.54, 1.807) is 0 Å². The van der Waals surface area contributed by atoms with Crippen molar-refractivity contribution in [2.75, 3.05) is 6.79 Å². The number of hydrogen-bond acceptors (Lipinski definition) is 5. The summed E-state index contributed by atoms with van der Waals surface area (Å²) in [5.74, 6) is 1.92. The summed E-state index contributed by atoms with van der Waals surface area (Å²) < 4.78 is 16.3. The fourth-order valence-electron chi connectivity index (χ4n) is 2.84. The summed E-state index contributed by atoms with van der Waals surface area (Å²) in [6.45, 7) is 0.215. The highest BCUT2D eigenvalue weighted by Gasteiger charge is 2.31. The Bertz CT molecular complexity index is 836. The fraction of sp³-hybridized carbons (Fsp3) is 0.118. The van der Waals surface area contributed by atoms with Gasteiger partial charge in [0, 0.05) is 5.56 Å². The molecule has 0 saturated carbocycles. The van der Waals surface area contributed by atoms with Crippen molar-refractivity contribution in [3.63, 3.8) is 0 Å². The third-order valence-corrected chi connectivity index (χ3v) is 3.85. The Kier molecular flexibility index (Phi) is 2.70. The first-order chi connectivity index (χ1) is 10.8. The molecule has 2 N–H and O–H groups in total. The first kappa shape index (κ1) is 12.6. The number of nitriles is 1. The van der Waals surface area contributed by atoms with E-state index in [-0.39, 0.29) is 18.6 Å². The Labute approximate surface area is 127 Å².